The number of sulfone groups is 1. The van der Waals surface area contributed by atoms with E-state index < -0.39 is 22.0 Å². The SMILES string of the molecule is CNCC(O)CN(c1cc(OC)cc(OC)c1)c1ccc2ncc(-c3cnn(C)c3)nc2c1.CNCC(O)CN(c1cc(OC)cc(OC)c1)c1ccc2ncc(-c3cnn(C)c3)nc2c1.CNCCN(c1cc(OC)cc(OC)c1)c1ccc2ncc(-c3cnn(CCS(C)(=O)=O)c3)nc2c1.COc1cc(OC)cc(N(CCNC(C)C)c2ccc3ncc(-c4cnn(C)c4)nc3c2)c1. The van der Waals surface area contributed by atoms with E-state index in [9.17, 15) is 18.6 Å². The van der Waals surface area contributed by atoms with Crippen molar-refractivity contribution in [1.29, 1.82) is 0 Å². The highest BCUT2D eigenvalue weighted by atomic mass is 32.2. The Hall–Kier alpha value is -14.7. The van der Waals surface area contributed by atoms with Crippen LogP contribution in [0.3, 0.4) is 0 Å². The molecule has 16 aromatic rings. The van der Waals surface area contributed by atoms with Gasteiger partial charge in [0.05, 0.1) is 211 Å². The largest absolute Gasteiger partial charge is 0.497 e. The first kappa shape index (κ1) is 97.8. The number of benzene rings is 8. The van der Waals surface area contributed by atoms with Gasteiger partial charge in [0.2, 0.25) is 0 Å². The number of hydrogen-bond donors (Lipinski definition) is 6. The second-order valence-electron chi connectivity index (χ2n) is 32.0. The number of hydrogen-bond acceptors (Lipinski definition) is 32. The molecule has 0 saturated carbocycles. The van der Waals surface area contributed by atoms with Gasteiger partial charge in [-0.2, -0.15) is 20.4 Å². The minimum absolute atomic E-state index is 0.0262. The number of fused-ring (bicyclic) bond motifs is 4. The number of likely N-dealkylation sites (N-methyl/N-ethyl adjacent to an activating group) is 3. The predicted molar refractivity (Wildman–Crippen MR) is 529 cm³/mol. The van der Waals surface area contributed by atoms with Gasteiger partial charge in [-0.3, -0.25) is 38.7 Å². The maximum atomic E-state index is 11.5. The molecular weight excluding hydrogens is 1740 g/mol. The summed E-state index contributed by atoms with van der Waals surface area (Å²) < 4.78 is 73.6. The molecule has 2 unspecified atom stereocenters. The van der Waals surface area contributed by atoms with Crippen LogP contribution in [0.25, 0.3) is 89.2 Å². The summed E-state index contributed by atoms with van der Waals surface area (Å²) in [7, 11) is 21.1. The first-order chi connectivity index (χ1) is 65.2. The van der Waals surface area contributed by atoms with Gasteiger partial charge in [-0.25, -0.2) is 28.4 Å². The highest BCUT2D eigenvalue weighted by molar-refractivity contribution is 7.90. The van der Waals surface area contributed by atoms with E-state index in [0.717, 1.165) is 160 Å². The lowest BCUT2D eigenvalue weighted by Crippen LogP contribution is -2.35. The van der Waals surface area contributed by atoms with Crippen molar-refractivity contribution in [2.75, 3.05) is 162 Å². The summed E-state index contributed by atoms with van der Waals surface area (Å²) in [6.45, 7) is 9.24. The van der Waals surface area contributed by atoms with Crippen LogP contribution < -0.4 is 78.8 Å². The second kappa shape index (κ2) is 46.1. The molecule has 135 heavy (non-hydrogen) atoms. The number of aliphatic hydroxyl groups is 2. The zero-order chi connectivity index (χ0) is 95.8. The molecule has 16 rings (SSSR count). The minimum atomic E-state index is -3.07. The Labute approximate surface area is 784 Å². The first-order valence-electron chi connectivity index (χ1n) is 43.6. The number of aromatic nitrogens is 16. The van der Waals surface area contributed by atoms with Gasteiger partial charge in [0, 0.05) is 238 Å². The summed E-state index contributed by atoms with van der Waals surface area (Å²) in [5.41, 5.74) is 20.0. The molecule has 8 aromatic carbocycles. The molecule has 0 aliphatic rings. The Balaban J connectivity index is 0.000000153. The lowest BCUT2D eigenvalue weighted by Gasteiger charge is -2.28. The van der Waals surface area contributed by atoms with Crippen molar-refractivity contribution in [2.24, 2.45) is 21.1 Å². The van der Waals surface area contributed by atoms with Crippen LogP contribution in [0.2, 0.25) is 0 Å². The van der Waals surface area contributed by atoms with Crippen LogP contribution in [-0.4, -0.2) is 258 Å². The molecule has 0 aliphatic heterocycles. The van der Waals surface area contributed by atoms with Gasteiger partial charge in [-0.05, 0) is 93.9 Å². The number of aliphatic hydroxyl groups excluding tert-OH is 2. The first-order valence-corrected chi connectivity index (χ1v) is 45.6. The zero-order valence-electron chi connectivity index (χ0n) is 78.9. The fourth-order valence-corrected chi connectivity index (χ4v) is 15.3. The van der Waals surface area contributed by atoms with E-state index in [2.05, 4.69) is 97.4 Å². The van der Waals surface area contributed by atoms with Crippen LogP contribution >= 0.6 is 0 Å². The second-order valence-corrected chi connectivity index (χ2v) is 34.2. The normalized spacial score (nSPS) is 11.7. The summed E-state index contributed by atoms with van der Waals surface area (Å²) in [5, 5.41) is 50.9. The van der Waals surface area contributed by atoms with Crippen molar-refractivity contribution in [3.05, 3.63) is 220 Å². The number of methoxy groups -OCH3 is 8. The summed E-state index contributed by atoms with van der Waals surface area (Å²) in [4.78, 5) is 46.1. The average Bonchev–Trinajstić information content (AvgIpc) is 1.56. The third-order valence-corrected chi connectivity index (χ3v) is 22.6. The fourth-order valence-electron chi connectivity index (χ4n) is 14.8. The standard InChI is InChI=1S/C25H30N6O4S.C25H30N6O2.2C24H28N6O3/c1-26-7-8-31(20-11-21(34-2)14-22(12-20)35-3)19-5-6-23-24(13-19)29-25(16-27-23)18-15-28-30(17-18)9-10-36(4,32)33;1-17(2)26-8-9-31(20-10-21(32-4)13-22(11-20)33-5)19-6-7-23-24(12-19)29-25(15-27-23)18-14-28-30(3)16-18;2*1-25-12-19(31)15-30(18-7-20(32-3)10-21(8-18)33-4)17-5-6-22-23(9-17)28-24(13-26-22)16-11-27-29(2)14-16/h5-6,11-17,26H,7-10H2,1-4H3;6-7,10-17,26H,8-9H2,1-5H3;2*5-11,13-14,19,25,31H,12,15H2,1-4H3. The summed E-state index contributed by atoms with van der Waals surface area (Å²) in [6, 6.07) is 47.2. The zero-order valence-corrected chi connectivity index (χ0v) is 79.7. The van der Waals surface area contributed by atoms with E-state index >= 15 is 0 Å². The van der Waals surface area contributed by atoms with E-state index in [1.165, 1.54) is 6.26 Å². The van der Waals surface area contributed by atoms with E-state index in [1.54, 1.807) is 131 Å². The fraction of sp³-hybridized carbons (Fsp3) is 0.306. The smallest absolute Gasteiger partial charge is 0.149 e. The third kappa shape index (κ3) is 26.0. The Kier molecular flexibility index (Phi) is 33.4. The van der Waals surface area contributed by atoms with Gasteiger partial charge < -0.3 is 89.0 Å². The number of nitrogens with one attached hydrogen (secondary N) is 4. The Bertz CT molecular complexity index is 6490. The molecule has 2 atom stereocenters. The Morgan fingerprint density at radius 1 is 0.348 bits per heavy atom. The van der Waals surface area contributed by atoms with Crippen molar-refractivity contribution in [2.45, 2.75) is 38.6 Å². The topological polar surface area (TPSA) is 384 Å². The summed E-state index contributed by atoms with van der Waals surface area (Å²) >= 11 is 0. The maximum absolute atomic E-state index is 11.5. The van der Waals surface area contributed by atoms with Crippen molar-refractivity contribution in [3.63, 3.8) is 0 Å². The molecule has 0 fully saturated rings. The molecule has 6 N–H and O–H groups in total. The minimum Gasteiger partial charge on any atom is -0.497 e. The van der Waals surface area contributed by atoms with Crippen molar-refractivity contribution >= 4 is 99.5 Å². The van der Waals surface area contributed by atoms with Crippen LogP contribution in [0.4, 0.5) is 45.5 Å². The number of rotatable bonds is 38. The van der Waals surface area contributed by atoms with Crippen molar-refractivity contribution < 1.29 is 56.5 Å². The van der Waals surface area contributed by atoms with Crippen LogP contribution in [0.15, 0.2) is 220 Å². The highest BCUT2D eigenvalue weighted by Gasteiger charge is 2.24. The third-order valence-electron chi connectivity index (χ3n) is 21.7. The van der Waals surface area contributed by atoms with Crippen LogP contribution in [0.1, 0.15) is 13.8 Å². The Morgan fingerprint density at radius 2 is 0.630 bits per heavy atom. The molecule has 8 aromatic heterocycles. The average molecular weight is 1850 g/mol. The molecule has 0 radical (unpaired) electrons. The molecule has 706 valence electrons. The van der Waals surface area contributed by atoms with Crippen LogP contribution in [0.5, 0.6) is 46.0 Å². The van der Waals surface area contributed by atoms with Crippen LogP contribution in [0, 0.1) is 0 Å². The molecular formula is C98H116N24O12S. The van der Waals surface area contributed by atoms with Gasteiger partial charge in [-0.1, -0.05) is 13.8 Å². The molecule has 37 heteroatoms. The van der Waals surface area contributed by atoms with E-state index in [4.69, 9.17) is 57.8 Å². The number of aryl methyl sites for hydroxylation is 4. The van der Waals surface area contributed by atoms with Gasteiger partial charge >= 0.3 is 0 Å². The molecule has 0 amide bonds. The molecule has 8 heterocycles. The Morgan fingerprint density at radius 3 is 0.896 bits per heavy atom. The van der Waals surface area contributed by atoms with E-state index in [0.29, 0.717) is 79.0 Å². The van der Waals surface area contributed by atoms with E-state index in [1.807, 2.05) is 204 Å². The lowest BCUT2D eigenvalue weighted by atomic mass is 10.1. The molecule has 0 spiro atoms. The number of ether oxygens (including phenoxy) is 8. The summed E-state index contributed by atoms with van der Waals surface area (Å²) in [6.07, 6.45) is 21.5. The van der Waals surface area contributed by atoms with Crippen molar-refractivity contribution in [1.82, 2.24) is 100 Å². The maximum Gasteiger partial charge on any atom is 0.149 e. The molecule has 0 aliphatic carbocycles. The van der Waals surface area contributed by atoms with Gasteiger partial charge in [0.25, 0.3) is 0 Å². The predicted octanol–water partition coefficient (Wildman–Crippen LogP) is 12.6. The molecule has 0 saturated heterocycles. The van der Waals surface area contributed by atoms with E-state index in [-0.39, 0.29) is 12.3 Å². The highest BCUT2D eigenvalue weighted by Crippen LogP contribution is 2.40. The quantitative estimate of drug-likeness (QED) is 0.0209. The molecule has 36 nitrogen and oxygen atoms in total. The number of anilines is 8. The van der Waals surface area contributed by atoms with Crippen LogP contribution in [-0.2, 0) is 37.5 Å². The van der Waals surface area contributed by atoms with Crippen molar-refractivity contribution in [3.8, 4) is 91.0 Å². The monoisotopic (exact) mass is 1850 g/mol. The van der Waals surface area contributed by atoms with Gasteiger partial charge in [-0.15, -0.1) is 0 Å². The van der Waals surface area contributed by atoms with Gasteiger partial charge in [0.1, 0.15) is 55.8 Å². The molecule has 0 bridgehead atoms. The lowest BCUT2D eigenvalue weighted by molar-refractivity contribution is 0.182. The van der Waals surface area contributed by atoms with Gasteiger partial charge in [0.15, 0.2) is 0 Å². The summed E-state index contributed by atoms with van der Waals surface area (Å²) in [5.74, 6) is 5.57. The number of nitrogens with zero attached hydrogens (tertiary/aromatic N) is 20.